The molecule has 1 atom stereocenters. The summed E-state index contributed by atoms with van der Waals surface area (Å²) >= 11 is 0. The molecule has 2 saturated heterocycles. The van der Waals surface area contributed by atoms with Gasteiger partial charge >= 0.3 is 6.09 Å². The summed E-state index contributed by atoms with van der Waals surface area (Å²) < 4.78 is 5.29. The fraction of sp³-hybridized carbons (Fsp3) is 0.533. The van der Waals surface area contributed by atoms with Gasteiger partial charge in [-0.15, -0.1) is 0 Å². The van der Waals surface area contributed by atoms with Gasteiger partial charge in [0.2, 0.25) is 0 Å². The fourth-order valence-corrected chi connectivity index (χ4v) is 3.09. The molecule has 102 valence electrons. The summed E-state index contributed by atoms with van der Waals surface area (Å²) in [5.41, 5.74) is 2.13. The van der Waals surface area contributed by atoms with Crippen molar-refractivity contribution in [2.24, 2.45) is 5.92 Å². The third kappa shape index (κ3) is 2.45. The molecular weight excluding hydrogens is 240 g/mol. The molecule has 19 heavy (non-hydrogen) atoms. The number of amides is 1. The highest BCUT2D eigenvalue weighted by molar-refractivity contribution is 5.90. The Bertz CT molecular complexity index is 469. The molecule has 0 bridgehead atoms. The minimum absolute atomic E-state index is 0.191. The van der Waals surface area contributed by atoms with Crippen molar-refractivity contribution in [3.05, 3.63) is 29.8 Å². The molecule has 4 heteroatoms. The van der Waals surface area contributed by atoms with Crippen molar-refractivity contribution in [3.63, 3.8) is 0 Å². The van der Waals surface area contributed by atoms with E-state index in [-0.39, 0.29) is 12.1 Å². The molecule has 0 radical (unpaired) electrons. The molecule has 1 unspecified atom stereocenters. The van der Waals surface area contributed by atoms with Crippen molar-refractivity contribution in [1.82, 2.24) is 5.32 Å². The lowest BCUT2D eigenvalue weighted by Crippen LogP contribution is -2.43. The maximum Gasteiger partial charge on any atom is 0.414 e. The van der Waals surface area contributed by atoms with Crippen molar-refractivity contribution >= 4 is 11.8 Å². The van der Waals surface area contributed by atoms with Gasteiger partial charge in [0, 0.05) is 5.69 Å². The van der Waals surface area contributed by atoms with Crippen LogP contribution in [0.3, 0.4) is 0 Å². The van der Waals surface area contributed by atoms with Gasteiger partial charge in [0.15, 0.2) is 0 Å². The Morgan fingerprint density at radius 2 is 2.11 bits per heavy atom. The first-order chi connectivity index (χ1) is 9.25. The molecule has 2 aliphatic heterocycles. The zero-order valence-corrected chi connectivity index (χ0v) is 11.3. The number of nitrogens with zero attached hydrogens (tertiary/aromatic N) is 1. The second-order valence-electron chi connectivity index (χ2n) is 5.44. The Kier molecular flexibility index (Phi) is 3.42. The Labute approximate surface area is 113 Å². The van der Waals surface area contributed by atoms with Crippen molar-refractivity contribution in [2.75, 3.05) is 24.6 Å². The molecule has 2 fully saturated rings. The second kappa shape index (κ2) is 5.21. The van der Waals surface area contributed by atoms with Crippen molar-refractivity contribution < 1.29 is 9.53 Å². The van der Waals surface area contributed by atoms with Crippen molar-refractivity contribution in [2.45, 2.75) is 25.8 Å². The average molecular weight is 260 g/mol. The van der Waals surface area contributed by atoms with Gasteiger partial charge < -0.3 is 10.1 Å². The van der Waals surface area contributed by atoms with Crippen LogP contribution >= 0.6 is 0 Å². The normalized spacial score (nSPS) is 24.6. The molecule has 4 nitrogen and oxygen atoms in total. The standard InChI is InChI=1S/C15H20N2O2/c1-11-3-2-4-13(9-11)17-14(10-19-15(17)18)12-5-7-16-8-6-12/h2-4,9,12,14,16H,5-8,10H2,1H3. The first kappa shape index (κ1) is 12.5. The van der Waals surface area contributed by atoms with E-state index in [4.69, 9.17) is 4.74 Å². The lowest BCUT2D eigenvalue weighted by molar-refractivity contribution is 0.174. The van der Waals surface area contributed by atoms with E-state index in [1.54, 1.807) is 0 Å². The van der Waals surface area contributed by atoms with Gasteiger partial charge in [-0.2, -0.15) is 0 Å². The number of piperidine rings is 1. The van der Waals surface area contributed by atoms with Gasteiger partial charge in [0.25, 0.3) is 0 Å². The van der Waals surface area contributed by atoms with E-state index in [2.05, 4.69) is 11.4 Å². The van der Waals surface area contributed by atoms with E-state index >= 15 is 0 Å². The number of aryl methyl sites for hydroxylation is 1. The Hall–Kier alpha value is -1.55. The summed E-state index contributed by atoms with van der Waals surface area (Å²) in [6, 6.07) is 8.28. The molecule has 2 aliphatic rings. The summed E-state index contributed by atoms with van der Waals surface area (Å²) in [6.45, 7) is 4.65. The zero-order chi connectivity index (χ0) is 13.2. The molecule has 0 aliphatic carbocycles. The summed E-state index contributed by atoms with van der Waals surface area (Å²) in [6.07, 6.45) is 2.03. The van der Waals surface area contributed by atoms with Crippen LogP contribution in [0.5, 0.6) is 0 Å². The van der Waals surface area contributed by atoms with E-state index in [0.717, 1.165) is 31.6 Å². The monoisotopic (exact) mass is 260 g/mol. The predicted octanol–water partition coefficient (Wildman–Crippen LogP) is 2.32. The highest BCUT2D eigenvalue weighted by Gasteiger charge is 2.39. The Morgan fingerprint density at radius 3 is 2.84 bits per heavy atom. The second-order valence-corrected chi connectivity index (χ2v) is 5.44. The number of carbonyl (C=O) groups excluding carboxylic acids is 1. The van der Waals surface area contributed by atoms with Crippen LogP contribution in [0.2, 0.25) is 0 Å². The summed E-state index contributed by atoms with van der Waals surface area (Å²) in [4.78, 5) is 13.9. The minimum atomic E-state index is -0.200. The number of hydrogen-bond acceptors (Lipinski definition) is 3. The van der Waals surface area contributed by atoms with Crippen LogP contribution in [-0.2, 0) is 4.74 Å². The largest absolute Gasteiger partial charge is 0.447 e. The lowest BCUT2D eigenvalue weighted by Gasteiger charge is -2.32. The van der Waals surface area contributed by atoms with Gasteiger partial charge in [-0.1, -0.05) is 12.1 Å². The highest BCUT2D eigenvalue weighted by Crippen LogP contribution is 2.31. The van der Waals surface area contributed by atoms with Crippen LogP contribution in [0.1, 0.15) is 18.4 Å². The van der Waals surface area contributed by atoms with Crippen LogP contribution < -0.4 is 10.2 Å². The van der Waals surface area contributed by atoms with Crippen LogP contribution in [0.25, 0.3) is 0 Å². The number of carbonyl (C=O) groups is 1. The summed E-state index contributed by atoms with van der Waals surface area (Å²) in [5, 5.41) is 3.37. The smallest absolute Gasteiger partial charge is 0.414 e. The quantitative estimate of drug-likeness (QED) is 0.887. The average Bonchev–Trinajstić information content (AvgIpc) is 2.82. The van der Waals surface area contributed by atoms with E-state index in [1.165, 1.54) is 5.56 Å². The Morgan fingerprint density at radius 1 is 1.32 bits per heavy atom. The number of benzene rings is 1. The third-order valence-corrected chi connectivity index (χ3v) is 4.11. The summed E-state index contributed by atoms with van der Waals surface area (Å²) in [7, 11) is 0. The maximum atomic E-state index is 12.0. The maximum absolute atomic E-state index is 12.0. The van der Waals surface area contributed by atoms with E-state index in [1.807, 2.05) is 30.0 Å². The SMILES string of the molecule is Cc1cccc(N2C(=O)OCC2C2CCNCC2)c1. The fourth-order valence-electron chi connectivity index (χ4n) is 3.09. The molecule has 0 aromatic heterocycles. The topological polar surface area (TPSA) is 41.6 Å². The first-order valence-corrected chi connectivity index (χ1v) is 6.99. The number of anilines is 1. The zero-order valence-electron chi connectivity index (χ0n) is 11.3. The van der Waals surface area contributed by atoms with Gasteiger partial charge in [-0.25, -0.2) is 4.79 Å². The molecule has 1 aromatic carbocycles. The molecule has 3 rings (SSSR count). The molecule has 0 spiro atoms. The first-order valence-electron chi connectivity index (χ1n) is 6.99. The van der Waals surface area contributed by atoms with Gasteiger partial charge in [0.05, 0.1) is 6.04 Å². The van der Waals surface area contributed by atoms with Crippen LogP contribution in [0.4, 0.5) is 10.5 Å². The van der Waals surface area contributed by atoms with E-state index in [9.17, 15) is 4.79 Å². The van der Waals surface area contributed by atoms with Crippen molar-refractivity contribution in [1.29, 1.82) is 0 Å². The number of hydrogen-bond donors (Lipinski definition) is 1. The van der Waals surface area contributed by atoms with Crippen LogP contribution in [-0.4, -0.2) is 31.8 Å². The van der Waals surface area contributed by atoms with Gasteiger partial charge in [-0.3, -0.25) is 4.90 Å². The molecular formula is C15H20N2O2. The highest BCUT2D eigenvalue weighted by atomic mass is 16.6. The predicted molar refractivity (Wildman–Crippen MR) is 74.4 cm³/mol. The third-order valence-electron chi connectivity index (χ3n) is 4.11. The van der Waals surface area contributed by atoms with E-state index in [0.29, 0.717) is 12.5 Å². The number of rotatable bonds is 2. The van der Waals surface area contributed by atoms with Gasteiger partial charge in [-0.05, 0) is 56.5 Å². The van der Waals surface area contributed by atoms with Crippen molar-refractivity contribution in [3.8, 4) is 0 Å². The molecule has 2 heterocycles. The lowest BCUT2D eigenvalue weighted by atomic mass is 9.90. The van der Waals surface area contributed by atoms with Crippen LogP contribution in [0, 0.1) is 12.8 Å². The summed E-state index contributed by atoms with van der Waals surface area (Å²) in [5.74, 6) is 0.535. The van der Waals surface area contributed by atoms with Gasteiger partial charge in [0.1, 0.15) is 6.61 Å². The van der Waals surface area contributed by atoms with Crippen LogP contribution in [0.15, 0.2) is 24.3 Å². The minimum Gasteiger partial charge on any atom is -0.447 e. The number of nitrogens with one attached hydrogen (secondary N) is 1. The van der Waals surface area contributed by atoms with E-state index < -0.39 is 0 Å². The molecule has 1 amide bonds. The molecule has 1 N–H and O–H groups in total. The molecule has 1 aromatic rings. The number of ether oxygens (including phenoxy) is 1. The Balaban J connectivity index is 1.85. The molecule has 0 saturated carbocycles. The number of cyclic esters (lactones) is 1.